The largest absolute Gasteiger partial charge is 0.447 e. The summed E-state index contributed by atoms with van der Waals surface area (Å²) in [6.07, 6.45) is 7.80. The van der Waals surface area contributed by atoms with Gasteiger partial charge in [0.1, 0.15) is 17.9 Å². The molecule has 0 amide bonds. The van der Waals surface area contributed by atoms with E-state index in [1.807, 2.05) is 26.0 Å². The Hall–Kier alpha value is -2.21. The highest BCUT2D eigenvalue weighted by molar-refractivity contribution is 5.83. The van der Waals surface area contributed by atoms with Crippen molar-refractivity contribution in [2.75, 3.05) is 31.1 Å². The molecular weight excluding hydrogens is 381 g/mol. The maximum Gasteiger partial charge on any atom is 0.211 e. The molecule has 1 atom stereocenters. The molecule has 2 aliphatic rings. The highest BCUT2D eigenvalue weighted by Crippen LogP contribution is 2.44. The highest BCUT2D eigenvalue weighted by atomic mass is 19.1. The number of anilines is 1. The SMILES string of the molecule is CCC(CC)C(=O)Cc1ccc(N2CCN(C(c3ncco3)C3CC3)CC2)c(F)c1. The van der Waals surface area contributed by atoms with Gasteiger partial charge in [0.05, 0.1) is 17.9 Å². The number of aromatic nitrogens is 1. The summed E-state index contributed by atoms with van der Waals surface area (Å²) >= 11 is 0. The molecule has 1 saturated carbocycles. The Labute approximate surface area is 178 Å². The van der Waals surface area contributed by atoms with Gasteiger partial charge in [-0.2, -0.15) is 0 Å². The highest BCUT2D eigenvalue weighted by Gasteiger charge is 2.40. The summed E-state index contributed by atoms with van der Waals surface area (Å²) in [4.78, 5) is 21.3. The molecule has 1 aliphatic carbocycles. The van der Waals surface area contributed by atoms with Gasteiger partial charge in [-0.1, -0.05) is 19.9 Å². The van der Waals surface area contributed by atoms with Crippen molar-refractivity contribution in [3.05, 3.63) is 47.9 Å². The molecule has 0 bridgehead atoms. The van der Waals surface area contributed by atoms with Crippen LogP contribution in [0, 0.1) is 17.7 Å². The van der Waals surface area contributed by atoms with E-state index in [-0.39, 0.29) is 23.6 Å². The van der Waals surface area contributed by atoms with Crippen LogP contribution in [0.5, 0.6) is 0 Å². The Morgan fingerprint density at radius 2 is 1.93 bits per heavy atom. The second kappa shape index (κ2) is 9.29. The number of nitrogens with zero attached hydrogens (tertiary/aromatic N) is 3. The molecule has 4 rings (SSSR count). The van der Waals surface area contributed by atoms with E-state index >= 15 is 0 Å². The summed E-state index contributed by atoms with van der Waals surface area (Å²) in [6.45, 7) is 7.33. The molecule has 1 saturated heterocycles. The quantitative estimate of drug-likeness (QED) is 0.600. The van der Waals surface area contributed by atoms with E-state index < -0.39 is 0 Å². The number of rotatable bonds is 9. The second-order valence-electron chi connectivity index (χ2n) is 8.62. The number of hydrogen-bond donors (Lipinski definition) is 0. The average molecular weight is 414 g/mol. The fourth-order valence-corrected chi connectivity index (χ4v) is 4.70. The Bertz CT molecular complexity index is 838. The second-order valence-corrected chi connectivity index (χ2v) is 8.62. The first-order valence-corrected chi connectivity index (χ1v) is 11.3. The van der Waals surface area contributed by atoms with E-state index in [4.69, 9.17) is 4.42 Å². The van der Waals surface area contributed by atoms with Crippen molar-refractivity contribution < 1.29 is 13.6 Å². The lowest BCUT2D eigenvalue weighted by Gasteiger charge is -2.39. The fraction of sp³-hybridized carbons (Fsp3) is 0.583. The number of Topliss-reactive ketones (excluding diaryl/α,β-unsaturated/α-hetero) is 1. The van der Waals surface area contributed by atoms with Crippen LogP contribution in [-0.4, -0.2) is 41.8 Å². The van der Waals surface area contributed by atoms with Gasteiger partial charge in [0.2, 0.25) is 5.89 Å². The molecule has 162 valence electrons. The van der Waals surface area contributed by atoms with Gasteiger partial charge in [0, 0.05) is 38.5 Å². The molecule has 30 heavy (non-hydrogen) atoms. The minimum Gasteiger partial charge on any atom is -0.447 e. The standard InChI is InChI=1S/C24H32FN3O2/c1-3-18(4-2)22(29)16-17-5-8-21(20(25)15-17)27-10-12-28(13-11-27)23(19-6-7-19)24-26-9-14-30-24/h5,8-9,14-15,18-19,23H,3-4,6-7,10-13,16H2,1-2H3. The monoisotopic (exact) mass is 413 g/mol. The lowest BCUT2D eigenvalue weighted by atomic mass is 9.93. The number of benzene rings is 1. The van der Waals surface area contributed by atoms with Gasteiger partial charge in [0.15, 0.2) is 0 Å². The van der Waals surface area contributed by atoms with E-state index in [1.54, 1.807) is 18.5 Å². The maximum absolute atomic E-state index is 14.9. The summed E-state index contributed by atoms with van der Waals surface area (Å²) in [6, 6.07) is 5.53. The van der Waals surface area contributed by atoms with Crippen LogP contribution in [0.15, 0.2) is 35.1 Å². The number of hydrogen-bond acceptors (Lipinski definition) is 5. The van der Waals surface area contributed by atoms with Crippen molar-refractivity contribution in [3.8, 4) is 0 Å². The zero-order chi connectivity index (χ0) is 21.1. The summed E-state index contributed by atoms with van der Waals surface area (Å²) in [7, 11) is 0. The van der Waals surface area contributed by atoms with Crippen LogP contribution in [0.3, 0.4) is 0 Å². The van der Waals surface area contributed by atoms with Crippen LogP contribution in [0.25, 0.3) is 0 Å². The van der Waals surface area contributed by atoms with Gasteiger partial charge in [-0.15, -0.1) is 0 Å². The van der Waals surface area contributed by atoms with Crippen LogP contribution >= 0.6 is 0 Å². The van der Waals surface area contributed by atoms with Gasteiger partial charge in [-0.05, 0) is 49.3 Å². The Morgan fingerprint density at radius 3 is 2.50 bits per heavy atom. The summed E-state index contributed by atoms with van der Waals surface area (Å²) in [5.74, 6) is 1.48. The predicted molar refractivity (Wildman–Crippen MR) is 115 cm³/mol. The predicted octanol–water partition coefficient (Wildman–Crippen LogP) is 4.63. The summed E-state index contributed by atoms with van der Waals surface area (Å²) in [5, 5.41) is 0. The van der Waals surface area contributed by atoms with Crippen LogP contribution in [0.4, 0.5) is 10.1 Å². The number of carbonyl (C=O) groups is 1. The molecule has 6 heteroatoms. The Kier molecular flexibility index (Phi) is 6.52. The third-order valence-corrected chi connectivity index (χ3v) is 6.65. The van der Waals surface area contributed by atoms with E-state index in [2.05, 4.69) is 14.8 Å². The number of halogens is 1. The Balaban J connectivity index is 1.38. The van der Waals surface area contributed by atoms with Crippen molar-refractivity contribution >= 4 is 11.5 Å². The summed E-state index contributed by atoms with van der Waals surface area (Å²) < 4.78 is 20.5. The van der Waals surface area contributed by atoms with Gasteiger partial charge in [-0.3, -0.25) is 9.69 Å². The van der Waals surface area contributed by atoms with Crippen molar-refractivity contribution in [3.63, 3.8) is 0 Å². The van der Waals surface area contributed by atoms with Crippen LogP contribution in [0.1, 0.15) is 57.0 Å². The molecule has 2 aromatic rings. The summed E-state index contributed by atoms with van der Waals surface area (Å²) in [5.41, 5.74) is 1.40. The van der Waals surface area contributed by atoms with Crippen molar-refractivity contribution in [2.45, 2.75) is 52.0 Å². The molecule has 1 unspecified atom stereocenters. The molecule has 0 radical (unpaired) electrons. The Morgan fingerprint density at radius 1 is 1.20 bits per heavy atom. The zero-order valence-electron chi connectivity index (χ0n) is 18.0. The van der Waals surface area contributed by atoms with Crippen LogP contribution in [0.2, 0.25) is 0 Å². The smallest absolute Gasteiger partial charge is 0.211 e. The average Bonchev–Trinajstić information content (AvgIpc) is 3.43. The van der Waals surface area contributed by atoms with Gasteiger partial charge < -0.3 is 9.32 Å². The van der Waals surface area contributed by atoms with Crippen LogP contribution < -0.4 is 4.90 Å². The van der Waals surface area contributed by atoms with E-state index in [1.165, 1.54) is 12.8 Å². The normalized spacial score (nSPS) is 18.7. The topological polar surface area (TPSA) is 49.6 Å². The first-order valence-electron chi connectivity index (χ1n) is 11.3. The van der Waals surface area contributed by atoms with Crippen molar-refractivity contribution in [2.24, 2.45) is 11.8 Å². The molecule has 0 N–H and O–H groups in total. The fourth-order valence-electron chi connectivity index (χ4n) is 4.70. The van der Waals surface area contributed by atoms with E-state index in [0.29, 0.717) is 18.0 Å². The van der Waals surface area contributed by atoms with Crippen molar-refractivity contribution in [1.82, 2.24) is 9.88 Å². The molecule has 2 heterocycles. The number of piperazine rings is 1. The minimum absolute atomic E-state index is 0.0730. The molecule has 1 aliphatic heterocycles. The van der Waals surface area contributed by atoms with Gasteiger partial charge >= 0.3 is 0 Å². The molecule has 2 fully saturated rings. The van der Waals surface area contributed by atoms with Crippen LogP contribution in [-0.2, 0) is 11.2 Å². The number of carbonyl (C=O) groups excluding carboxylic acids is 1. The maximum atomic E-state index is 14.9. The zero-order valence-corrected chi connectivity index (χ0v) is 18.0. The lowest BCUT2D eigenvalue weighted by molar-refractivity contribution is -0.122. The molecule has 1 aromatic heterocycles. The van der Waals surface area contributed by atoms with Gasteiger partial charge in [-0.25, -0.2) is 9.37 Å². The lowest BCUT2D eigenvalue weighted by Crippen LogP contribution is -2.48. The molecule has 0 spiro atoms. The van der Waals surface area contributed by atoms with Gasteiger partial charge in [0.25, 0.3) is 0 Å². The third-order valence-electron chi connectivity index (χ3n) is 6.65. The van der Waals surface area contributed by atoms with Crippen molar-refractivity contribution in [1.29, 1.82) is 0 Å². The molecule has 5 nitrogen and oxygen atoms in total. The molecular formula is C24H32FN3O2. The first-order chi connectivity index (χ1) is 14.6. The number of ketones is 1. The third kappa shape index (κ3) is 4.59. The minimum atomic E-state index is -0.232. The number of oxazole rings is 1. The molecule has 1 aromatic carbocycles. The van der Waals surface area contributed by atoms with E-state index in [0.717, 1.165) is 50.5 Å². The first kappa shape index (κ1) is 21.0. The van der Waals surface area contributed by atoms with E-state index in [9.17, 15) is 9.18 Å².